The topological polar surface area (TPSA) is 114 Å². The predicted molar refractivity (Wildman–Crippen MR) is 116 cm³/mol. The number of fused-ring (bicyclic) bond motifs is 3. The zero-order chi connectivity index (χ0) is 22.5. The van der Waals surface area contributed by atoms with Crippen LogP contribution in [-0.4, -0.2) is 41.8 Å². The minimum atomic E-state index is -1.30. The van der Waals surface area contributed by atoms with E-state index < -0.39 is 30.4 Å². The van der Waals surface area contributed by atoms with Crippen LogP contribution in [0.15, 0.2) is 48.5 Å². The van der Waals surface area contributed by atoms with Gasteiger partial charge in [-0.25, -0.2) is 10.3 Å². The zero-order valence-electron chi connectivity index (χ0n) is 17.6. The second-order valence-electron chi connectivity index (χ2n) is 8.11. The van der Waals surface area contributed by atoms with Crippen molar-refractivity contribution in [1.82, 2.24) is 10.8 Å². The molecule has 0 heterocycles. The van der Waals surface area contributed by atoms with Crippen LogP contribution in [0.25, 0.3) is 11.1 Å². The molecular formula is C24H26N2O6. The van der Waals surface area contributed by atoms with Crippen LogP contribution >= 0.6 is 0 Å². The Morgan fingerprint density at radius 2 is 1.56 bits per heavy atom. The average molecular weight is 438 g/mol. The van der Waals surface area contributed by atoms with Gasteiger partial charge in [-0.2, -0.15) is 0 Å². The summed E-state index contributed by atoms with van der Waals surface area (Å²) in [6.45, 7) is 0.0693. The van der Waals surface area contributed by atoms with Crippen molar-refractivity contribution in [2.45, 2.75) is 50.2 Å². The van der Waals surface area contributed by atoms with Crippen molar-refractivity contribution in [3.8, 4) is 11.1 Å². The van der Waals surface area contributed by atoms with Gasteiger partial charge in [0.2, 0.25) is 0 Å². The molecule has 8 heteroatoms. The molecule has 0 saturated heterocycles. The van der Waals surface area contributed by atoms with E-state index in [1.807, 2.05) is 48.5 Å². The monoisotopic (exact) mass is 438 g/mol. The summed E-state index contributed by atoms with van der Waals surface area (Å²) >= 11 is 0. The van der Waals surface area contributed by atoms with Gasteiger partial charge in [-0.1, -0.05) is 61.4 Å². The Hall–Kier alpha value is -3.39. The third-order valence-corrected chi connectivity index (χ3v) is 5.96. The van der Waals surface area contributed by atoms with Gasteiger partial charge in [0.25, 0.3) is 5.91 Å². The molecule has 0 radical (unpaired) electrons. The highest BCUT2D eigenvalue weighted by Crippen LogP contribution is 2.44. The van der Waals surface area contributed by atoms with Gasteiger partial charge in [-0.3, -0.25) is 14.4 Å². The molecule has 168 valence electrons. The first-order valence-corrected chi connectivity index (χ1v) is 10.8. The van der Waals surface area contributed by atoms with E-state index in [0.29, 0.717) is 0 Å². The SMILES string of the molecule is O=C(O)CC(NC(=O)OCC1c2ccccc2-c2ccccc21)C(=O)NOC1CCCC1. The van der Waals surface area contributed by atoms with Crippen LogP contribution < -0.4 is 10.8 Å². The number of carboxylic acid groups (broad SMARTS) is 1. The van der Waals surface area contributed by atoms with Gasteiger partial charge >= 0.3 is 12.1 Å². The molecular weight excluding hydrogens is 412 g/mol. The van der Waals surface area contributed by atoms with Gasteiger partial charge in [0, 0.05) is 5.92 Å². The van der Waals surface area contributed by atoms with E-state index in [0.717, 1.165) is 47.9 Å². The van der Waals surface area contributed by atoms with E-state index in [9.17, 15) is 14.4 Å². The lowest BCUT2D eigenvalue weighted by Gasteiger charge is -2.19. The van der Waals surface area contributed by atoms with Crippen LogP contribution in [0.3, 0.4) is 0 Å². The smallest absolute Gasteiger partial charge is 0.407 e. The molecule has 0 bridgehead atoms. The maximum absolute atomic E-state index is 12.4. The van der Waals surface area contributed by atoms with E-state index in [4.69, 9.17) is 14.7 Å². The molecule has 1 atom stereocenters. The summed E-state index contributed by atoms with van der Waals surface area (Å²) in [6, 6.07) is 14.6. The van der Waals surface area contributed by atoms with Crippen LogP contribution in [0.2, 0.25) is 0 Å². The molecule has 1 saturated carbocycles. The second-order valence-corrected chi connectivity index (χ2v) is 8.11. The number of benzene rings is 2. The molecule has 0 aromatic heterocycles. The first-order valence-electron chi connectivity index (χ1n) is 10.8. The Labute approximate surface area is 185 Å². The predicted octanol–water partition coefficient (Wildman–Crippen LogP) is 3.36. The van der Waals surface area contributed by atoms with Crippen LogP contribution in [0.4, 0.5) is 4.79 Å². The average Bonchev–Trinajstić information content (AvgIpc) is 3.41. The number of hydroxylamine groups is 1. The number of carboxylic acids is 1. The third-order valence-electron chi connectivity index (χ3n) is 5.96. The minimum Gasteiger partial charge on any atom is -0.481 e. The number of hydrogen-bond acceptors (Lipinski definition) is 5. The molecule has 2 aliphatic carbocycles. The number of nitrogens with one attached hydrogen (secondary N) is 2. The number of carbonyl (C=O) groups excluding carboxylic acids is 2. The number of ether oxygens (including phenoxy) is 1. The Kier molecular flexibility index (Phi) is 6.70. The highest BCUT2D eigenvalue weighted by molar-refractivity contribution is 5.88. The number of carbonyl (C=O) groups is 3. The van der Waals surface area contributed by atoms with Gasteiger partial charge in [-0.15, -0.1) is 0 Å². The minimum absolute atomic E-state index is 0.0693. The standard InChI is InChI=1S/C24H26N2O6/c27-22(28)13-21(23(29)26-32-15-7-1-2-8-15)25-24(30)31-14-20-18-11-5-3-9-16(18)17-10-4-6-12-19(17)20/h3-6,9-12,15,20-21H,1-2,7-8,13-14H2,(H,25,30)(H,26,29)(H,27,28). The molecule has 4 rings (SSSR count). The van der Waals surface area contributed by atoms with Crippen LogP contribution in [-0.2, 0) is 19.2 Å². The van der Waals surface area contributed by atoms with Crippen molar-refractivity contribution in [2.75, 3.05) is 6.61 Å². The van der Waals surface area contributed by atoms with Gasteiger partial charge in [0.05, 0.1) is 12.5 Å². The van der Waals surface area contributed by atoms with Gasteiger partial charge in [-0.05, 0) is 35.1 Å². The maximum Gasteiger partial charge on any atom is 0.407 e. The van der Waals surface area contributed by atoms with Crippen molar-refractivity contribution in [2.24, 2.45) is 0 Å². The fourth-order valence-electron chi connectivity index (χ4n) is 4.38. The number of alkyl carbamates (subject to hydrolysis) is 1. The van der Waals surface area contributed by atoms with Gasteiger partial charge < -0.3 is 15.2 Å². The van der Waals surface area contributed by atoms with Crippen LogP contribution in [0.5, 0.6) is 0 Å². The quantitative estimate of drug-likeness (QED) is 0.545. The zero-order valence-corrected chi connectivity index (χ0v) is 17.6. The fourth-order valence-corrected chi connectivity index (χ4v) is 4.38. The number of amides is 2. The summed E-state index contributed by atoms with van der Waals surface area (Å²) in [5.74, 6) is -2.07. The van der Waals surface area contributed by atoms with Crippen molar-refractivity contribution in [3.63, 3.8) is 0 Å². The molecule has 2 aliphatic rings. The van der Waals surface area contributed by atoms with Crippen molar-refractivity contribution in [3.05, 3.63) is 59.7 Å². The van der Waals surface area contributed by atoms with Gasteiger partial charge in [0.15, 0.2) is 0 Å². The largest absolute Gasteiger partial charge is 0.481 e. The van der Waals surface area contributed by atoms with Gasteiger partial charge in [0.1, 0.15) is 12.6 Å². The number of rotatable bonds is 8. The summed E-state index contributed by atoms with van der Waals surface area (Å²) < 4.78 is 5.42. The number of aliphatic carboxylic acids is 1. The Morgan fingerprint density at radius 1 is 0.969 bits per heavy atom. The van der Waals surface area contributed by atoms with Crippen molar-refractivity contribution in [1.29, 1.82) is 0 Å². The number of hydrogen-bond donors (Lipinski definition) is 3. The lowest BCUT2D eigenvalue weighted by atomic mass is 9.98. The molecule has 2 aromatic carbocycles. The lowest BCUT2D eigenvalue weighted by Crippen LogP contribution is -2.48. The Morgan fingerprint density at radius 3 is 2.16 bits per heavy atom. The third kappa shape index (κ3) is 4.91. The molecule has 1 fully saturated rings. The van der Waals surface area contributed by atoms with E-state index in [-0.39, 0.29) is 18.6 Å². The van der Waals surface area contributed by atoms with E-state index in [1.54, 1.807) is 0 Å². The first-order chi connectivity index (χ1) is 15.5. The van der Waals surface area contributed by atoms with Crippen LogP contribution in [0, 0.1) is 0 Å². The Bertz CT molecular complexity index is 956. The fraction of sp³-hybridized carbons (Fsp3) is 0.375. The molecule has 2 amide bonds. The second kappa shape index (κ2) is 9.82. The summed E-state index contributed by atoms with van der Waals surface area (Å²) in [4.78, 5) is 41.4. The summed E-state index contributed by atoms with van der Waals surface area (Å²) in [7, 11) is 0. The normalized spacial score (nSPS) is 16.1. The van der Waals surface area contributed by atoms with E-state index >= 15 is 0 Å². The molecule has 3 N–H and O–H groups in total. The summed E-state index contributed by atoms with van der Waals surface area (Å²) in [5.41, 5.74) is 6.61. The molecule has 32 heavy (non-hydrogen) atoms. The lowest BCUT2D eigenvalue weighted by molar-refractivity contribution is -0.145. The molecule has 1 unspecified atom stereocenters. The van der Waals surface area contributed by atoms with Crippen LogP contribution in [0.1, 0.15) is 49.1 Å². The molecule has 2 aromatic rings. The first kappa shape index (κ1) is 21.8. The maximum atomic E-state index is 12.4. The van der Waals surface area contributed by atoms with E-state index in [1.165, 1.54) is 0 Å². The van der Waals surface area contributed by atoms with Crippen molar-refractivity contribution >= 4 is 18.0 Å². The highest BCUT2D eigenvalue weighted by atomic mass is 16.7. The highest BCUT2D eigenvalue weighted by Gasteiger charge is 2.30. The van der Waals surface area contributed by atoms with Crippen molar-refractivity contribution < 1.29 is 29.1 Å². The Balaban J connectivity index is 1.37. The summed E-state index contributed by atoms with van der Waals surface area (Å²) in [6.07, 6.45) is 2.21. The molecule has 0 spiro atoms. The molecule has 0 aliphatic heterocycles. The summed E-state index contributed by atoms with van der Waals surface area (Å²) in [5, 5.41) is 11.5. The van der Waals surface area contributed by atoms with E-state index in [2.05, 4.69) is 10.8 Å². The molecule has 8 nitrogen and oxygen atoms in total.